The molecule has 0 spiro atoms. The minimum Gasteiger partial charge on any atom is -0.463 e. The molecule has 5 aromatic rings. The second kappa shape index (κ2) is 11.6. The Bertz CT molecular complexity index is 1890. The monoisotopic (exact) mass is 648 g/mol. The van der Waals surface area contributed by atoms with E-state index in [4.69, 9.17) is 14.1 Å². The molecule has 6 nitrogen and oxygen atoms in total. The molecule has 0 bridgehead atoms. The van der Waals surface area contributed by atoms with E-state index in [0.29, 0.717) is 31.5 Å². The Kier molecular flexibility index (Phi) is 7.75. The molecule has 200 valence electrons. The number of fused-ring (bicyclic) bond motifs is 1. The first kappa shape index (κ1) is 26.8. The van der Waals surface area contributed by atoms with Crippen LogP contribution in [0.15, 0.2) is 118 Å². The number of thiazole rings is 1. The molecule has 0 aliphatic carbocycles. The number of ether oxygens (including phenoxy) is 1. The summed E-state index contributed by atoms with van der Waals surface area (Å²) in [5.74, 6) is 0.0476. The highest BCUT2D eigenvalue weighted by atomic mass is 79.9. The van der Waals surface area contributed by atoms with E-state index >= 15 is 0 Å². The smallest absolute Gasteiger partial charge is 0.338 e. The number of aromatic nitrogens is 1. The van der Waals surface area contributed by atoms with Gasteiger partial charge in [-0.15, -0.1) is 11.3 Å². The average Bonchev–Trinajstić information content (AvgIpc) is 3.69. The largest absolute Gasteiger partial charge is 0.463 e. The molecule has 2 aromatic carbocycles. The number of halogens is 1. The molecule has 40 heavy (non-hydrogen) atoms. The van der Waals surface area contributed by atoms with Crippen molar-refractivity contribution in [1.82, 2.24) is 4.57 Å². The molecule has 0 amide bonds. The zero-order chi connectivity index (χ0) is 27.6. The summed E-state index contributed by atoms with van der Waals surface area (Å²) in [5, 5.41) is 2.63. The predicted molar refractivity (Wildman–Crippen MR) is 162 cm³/mol. The number of rotatable bonds is 7. The van der Waals surface area contributed by atoms with Gasteiger partial charge in [0.2, 0.25) is 0 Å². The van der Waals surface area contributed by atoms with E-state index in [1.807, 2.05) is 84.2 Å². The average molecular weight is 650 g/mol. The van der Waals surface area contributed by atoms with Gasteiger partial charge in [0.15, 0.2) is 9.89 Å². The summed E-state index contributed by atoms with van der Waals surface area (Å²) in [6.45, 7) is 1.98. The lowest BCUT2D eigenvalue weighted by Gasteiger charge is -2.24. The number of nitrogens with zero attached hydrogens (tertiary/aromatic N) is 2. The van der Waals surface area contributed by atoms with Gasteiger partial charge in [0.1, 0.15) is 11.8 Å². The normalized spacial score (nSPS) is 15.2. The Labute approximate surface area is 250 Å². The van der Waals surface area contributed by atoms with Gasteiger partial charge in [-0.2, -0.15) is 0 Å². The fraction of sp³-hybridized carbons (Fsp3) is 0.100. The first-order valence-corrected chi connectivity index (χ1v) is 15.7. The molecule has 1 aliphatic rings. The third-order valence-corrected chi connectivity index (χ3v) is 9.84. The van der Waals surface area contributed by atoms with Crippen LogP contribution in [0, 0.1) is 0 Å². The van der Waals surface area contributed by atoms with Crippen LogP contribution >= 0.6 is 50.4 Å². The van der Waals surface area contributed by atoms with Gasteiger partial charge < -0.3 is 9.15 Å². The van der Waals surface area contributed by atoms with Gasteiger partial charge in [-0.25, -0.2) is 9.79 Å². The first-order chi connectivity index (χ1) is 19.5. The highest BCUT2D eigenvalue weighted by Crippen LogP contribution is 2.38. The topological polar surface area (TPSA) is 73.8 Å². The molecule has 4 heterocycles. The molecule has 6 rings (SSSR count). The van der Waals surface area contributed by atoms with Crippen LogP contribution in [0.3, 0.4) is 0 Å². The van der Waals surface area contributed by atoms with Gasteiger partial charge >= 0.3 is 5.97 Å². The van der Waals surface area contributed by atoms with E-state index in [0.717, 1.165) is 19.8 Å². The highest BCUT2D eigenvalue weighted by Gasteiger charge is 2.35. The van der Waals surface area contributed by atoms with E-state index < -0.39 is 12.0 Å². The number of benzene rings is 2. The number of carbonyl (C=O) groups excluding carboxylic acids is 1. The summed E-state index contributed by atoms with van der Waals surface area (Å²) in [6.07, 6.45) is 1.73. The Hall–Kier alpha value is -3.44. The van der Waals surface area contributed by atoms with Crippen molar-refractivity contribution in [3.8, 4) is 0 Å². The van der Waals surface area contributed by atoms with E-state index in [9.17, 15) is 9.59 Å². The van der Waals surface area contributed by atoms with Gasteiger partial charge in [-0.05, 0) is 52.5 Å². The number of esters is 1. The van der Waals surface area contributed by atoms with Crippen molar-refractivity contribution in [2.45, 2.75) is 23.0 Å². The van der Waals surface area contributed by atoms with Crippen molar-refractivity contribution < 1.29 is 13.9 Å². The summed E-state index contributed by atoms with van der Waals surface area (Å²) in [7, 11) is 0. The molecule has 0 saturated carbocycles. The summed E-state index contributed by atoms with van der Waals surface area (Å²) < 4.78 is 14.4. The van der Waals surface area contributed by atoms with Crippen LogP contribution in [-0.2, 0) is 9.53 Å². The van der Waals surface area contributed by atoms with Gasteiger partial charge in [-0.3, -0.25) is 9.36 Å². The van der Waals surface area contributed by atoms with E-state index in [1.165, 1.54) is 34.4 Å². The van der Waals surface area contributed by atoms with Crippen LogP contribution in [0.4, 0.5) is 0 Å². The van der Waals surface area contributed by atoms with E-state index in [1.54, 1.807) is 17.6 Å². The molecule has 1 atom stereocenters. The molecule has 0 N–H and O–H groups in total. The van der Waals surface area contributed by atoms with Crippen LogP contribution in [0.5, 0.6) is 0 Å². The molecule has 0 radical (unpaired) electrons. The summed E-state index contributed by atoms with van der Waals surface area (Å²) in [6, 6.07) is 24.5. The van der Waals surface area contributed by atoms with Gasteiger partial charge in [0, 0.05) is 21.4 Å². The Morgan fingerprint density at radius 1 is 1.12 bits per heavy atom. The Morgan fingerprint density at radius 2 is 1.88 bits per heavy atom. The third kappa shape index (κ3) is 5.19. The SMILES string of the molecule is CCOC(=O)C1=C(c2ccccc2)N=c2s/c(=C/c3cc(Br)c(Sc4ccccc4)o3)c(=O)n2[C@H]1c1cccs1. The van der Waals surface area contributed by atoms with Crippen molar-refractivity contribution in [2.24, 2.45) is 4.99 Å². The summed E-state index contributed by atoms with van der Waals surface area (Å²) in [5.41, 5.74) is 1.38. The minimum absolute atomic E-state index is 0.211. The zero-order valence-electron chi connectivity index (χ0n) is 21.1. The first-order valence-electron chi connectivity index (χ1n) is 12.4. The van der Waals surface area contributed by atoms with Crippen molar-refractivity contribution in [3.05, 3.63) is 130 Å². The number of carbonyl (C=O) groups is 1. The molecule has 0 fully saturated rings. The summed E-state index contributed by atoms with van der Waals surface area (Å²) in [4.78, 5) is 34.6. The van der Waals surface area contributed by atoms with Crippen molar-refractivity contribution >= 4 is 68.1 Å². The molecular weight excluding hydrogens is 628 g/mol. The number of thiophene rings is 1. The predicted octanol–water partition coefficient (Wildman–Crippen LogP) is 6.50. The Morgan fingerprint density at radius 3 is 2.58 bits per heavy atom. The fourth-order valence-corrected chi connectivity index (χ4v) is 7.55. The highest BCUT2D eigenvalue weighted by molar-refractivity contribution is 9.10. The maximum absolute atomic E-state index is 13.9. The van der Waals surface area contributed by atoms with Crippen LogP contribution in [0.2, 0.25) is 0 Å². The second-order valence-corrected chi connectivity index (χ2v) is 12.5. The van der Waals surface area contributed by atoms with Gasteiger partial charge in [0.25, 0.3) is 5.56 Å². The van der Waals surface area contributed by atoms with E-state index in [-0.39, 0.29) is 12.2 Å². The van der Waals surface area contributed by atoms with Gasteiger partial charge in [0.05, 0.1) is 26.9 Å². The molecule has 0 unspecified atom stereocenters. The van der Waals surface area contributed by atoms with Crippen LogP contribution in [-0.4, -0.2) is 17.1 Å². The Balaban J connectivity index is 1.52. The number of furan rings is 1. The zero-order valence-corrected chi connectivity index (χ0v) is 25.1. The number of hydrogen-bond donors (Lipinski definition) is 0. The van der Waals surface area contributed by atoms with Crippen molar-refractivity contribution in [1.29, 1.82) is 0 Å². The fourth-order valence-electron chi connectivity index (χ4n) is 4.39. The van der Waals surface area contributed by atoms with Gasteiger partial charge in [-0.1, -0.05) is 77.7 Å². The standard InChI is InChI=1S/C30H21BrN2O4S3/c1-2-36-28(35)24-25(18-10-5-3-6-11-18)32-30-33(26(24)22-14-9-15-38-22)27(34)23(40-30)17-19-16-21(31)29(37-19)39-20-12-7-4-8-13-20/h3-17,26H,2H2,1H3/b23-17+/t26-/m0/s1. The van der Waals surface area contributed by atoms with Crippen LogP contribution < -0.4 is 14.9 Å². The summed E-state index contributed by atoms with van der Waals surface area (Å²) >= 11 is 7.82. The maximum Gasteiger partial charge on any atom is 0.338 e. The van der Waals surface area contributed by atoms with Crippen LogP contribution in [0.1, 0.15) is 29.2 Å². The lowest BCUT2D eigenvalue weighted by atomic mass is 9.97. The lowest BCUT2D eigenvalue weighted by Crippen LogP contribution is -2.39. The maximum atomic E-state index is 13.9. The van der Waals surface area contributed by atoms with Crippen molar-refractivity contribution in [2.75, 3.05) is 6.61 Å². The third-order valence-electron chi connectivity index (χ3n) is 6.09. The molecule has 0 saturated heterocycles. The minimum atomic E-state index is -0.666. The number of hydrogen-bond acceptors (Lipinski definition) is 8. The quantitative estimate of drug-likeness (QED) is 0.188. The second-order valence-electron chi connectivity index (χ2n) is 8.65. The van der Waals surface area contributed by atoms with Crippen LogP contribution in [0.25, 0.3) is 11.8 Å². The molecular formula is C30H21BrN2O4S3. The molecule has 10 heteroatoms. The molecule has 1 aliphatic heterocycles. The van der Waals surface area contributed by atoms with Crippen molar-refractivity contribution in [3.63, 3.8) is 0 Å². The van der Waals surface area contributed by atoms with E-state index in [2.05, 4.69) is 15.9 Å². The lowest BCUT2D eigenvalue weighted by molar-refractivity contribution is -0.138. The molecule has 3 aromatic heterocycles.